The van der Waals surface area contributed by atoms with Crippen LogP contribution in [-0.4, -0.2) is 11.9 Å². The fourth-order valence-electron chi connectivity index (χ4n) is 2.01. The molecule has 0 aromatic heterocycles. The Hall–Kier alpha value is -1.16. The van der Waals surface area contributed by atoms with Crippen molar-refractivity contribution in [2.24, 2.45) is 0 Å². The molecule has 0 saturated heterocycles. The van der Waals surface area contributed by atoms with Crippen LogP contribution in [0.3, 0.4) is 0 Å². The van der Waals surface area contributed by atoms with Gasteiger partial charge in [0.15, 0.2) is 0 Å². The van der Waals surface area contributed by atoms with Crippen molar-refractivity contribution in [1.82, 2.24) is 16.2 Å². The molecule has 0 spiro atoms. The fraction of sp³-hybridized carbons (Fsp3) is 0.545. The normalized spacial score (nSPS) is 21.3. The molecule has 0 aromatic carbocycles. The summed E-state index contributed by atoms with van der Waals surface area (Å²) < 4.78 is 0. The third-order valence-corrected chi connectivity index (χ3v) is 3.12. The molecule has 1 aliphatic heterocycles. The zero-order chi connectivity index (χ0) is 11.4. The second kappa shape index (κ2) is 5.25. The Morgan fingerprint density at radius 2 is 2.00 bits per heavy atom. The molecule has 1 amide bonds. The molecule has 3 N–H and O–H groups in total. The van der Waals surface area contributed by atoms with E-state index in [-0.39, 0.29) is 5.91 Å². The molecular formula is C11H16ClN3O. The van der Waals surface area contributed by atoms with Crippen LogP contribution in [0.25, 0.3) is 0 Å². The molecule has 0 aromatic rings. The lowest BCUT2D eigenvalue weighted by atomic mass is 9.95. The van der Waals surface area contributed by atoms with Gasteiger partial charge in [0.05, 0.1) is 0 Å². The number of carbonyl (C=O) groups excluding carboxylic acids is 1. The maximum atomic E-state index is 11.8. The zero-order valence-electron chi connectivity index (χ0n) is 9.05. The first-order valence-corrected chi connectivity index (χ1v) is 6.04. The number of allylic oxidation sites excluding steroid dienone is 2. The van der Waals surface area contributed by atoms with Crippen molar-refractivity contribution >= 4 is 17.5 Å². The van der Waals surface area contributed by atoms with E-state index >= 15 is 0 Å². The van der Waals surface area contributed by atoms with Gasteiger partial charge in [-0.25, -0.2) is 0 Å². The highest BCUT2D eigenvalue weighted by Gasteiger charge is 2.18. The third-order valence-electron chi connectivity index (χ3n) is 2.90. The largest absolute Gasteiger partial charge is 0.348 e. The van der Waals surface area contributed by atoms with Crippen LogP contribution in [0.1, 0.15) is 32.1 Å². The van der Waals surface area contributed by atoms with Crippen molar-refractivity contribution in [1.29, 1.82) is 0 Å². The van der Waals surface area contributed by atoms with Gasteiger partial charge in [-0.2, -0.15) is 0 Å². The summed E-state index contributed by atoms with van der Waals surface area (Å²) in [6.45, 7) is 0. The SMILES string of the molecule is O=C(NC1CCCCC1)C1=CC=C(Cl)NN1. The van der Waals surface area contributed by atoms with Crippen molar-refractivity contribution in [3.8, 4) is 0 Å². The predicted octanol–water partition coefficient (Wildman–Crippen LogP) is 1.51. The van der Waals surface area contributed by atoms with E-state index < -0.39 is 0 Å². The second-order valence-electron chi connectivity index (χ2n) is 4.15. The number of hydrazine groups is 1. The fourth-order valence-corrected chi connectivity index (χ4v) is 2.12. The number of carbonyl (C=O) groups is 1. The third kappa shape index (κ3) is 2.92. The smallest absolute Gasteiger partial charge is 0.269 e. The van der Waals surface area contributed by atoms with E-state index in [2.05, 4.69) is 16.2 Å². The van der Waals surface area contributed by atoms with E-state index in [1.807, 2.05) is 0 Å². The lowest BCUT2D eigenvalue weighted by molar-refractivity contribution is -0.118. The predicted molar refractivity (Wildman–Crippen MR) is 63.3 cm³/mol. The van der Waals surface area contributed by atoms with Crippen LogP contribution in [0, 0.1) is 0 Å². The van der Waals surface area contributed by atoms with Gasteiger partial charge in [0.1, 0.15) is 10.9 Å². The van der Waals surface area contributed by atoms with Crippen LogP contribution >= 0.6 is 11.6 Å². The Balaban J connectivity index is 1.87. The molecule has 5 heteroatoms. The first-order chi connectivity index (χ1) is 7.75. The van der Waals surface area contributed by atoms with Crippen molar-refractivity contribution in [3.05, 3.63) is 23.0 Å². The van der Waals surface area contributed by atoms with Crippen LogP contribution in [0.15, 0.2) is 23.0 Å². The molecule has 2 rings (SSSR count). The Morgan fingerprint density at radius 1 is 1.25 bits per heavy atom. The molecule has 0 atom stereocenters. The molecule has 0 unspecified atom stereocenters. The molecule has 0 radical (unpaired) electrons. The van der Waals surface area contributed by atoms with E-state index in [1.165, 1.54) is 19.3 Å². The lowest BCUT2D eigenvalue weighted by Crippen LogP contribution is -2.43. The summed E-state index contributed by atoms with van der Waals surface area (Å²) in [5.74, 6) is -0.0696. The van der Waals surface area contributed by atoms with E-state index in [9.17, 15) is 4.79 Å². The molecule has 1 fully saturated rings. The van der Waals surface area contributed by atoms with E-state index in [4.69, 9.17) is 11.6 Å². The summed E-state index contributed by atoms with van der Waals surface area (Å²) in [6, 6.07) is 0.324. The summed E-state index contributed by atoms with van der Waals surface area (Å²) in [5.41, 5.74) is 5.96. The molecule has 88 valence electrons. The quantitative estimate of drug-likeness (QED) is 0.643. The van der Waals surface area contributed by atoms with Crippen molar-refractivity contribution in [3.63, 3.8) is 0 Å². The number of rotatable bonds is 2. The first-order valence-electron chi connectivity index (χ1n) is 5.66. The molecule has 4 nitrogen and oxygen atoms in total. The molecule has 1 aliphatic carbocycles. The van der Waals surface area contributed by atoms with Crippen molar-refractivity contribution < 1.29 is 4.79 Å². The first kappa shape index (κ1) is 11.3. The molecule has 16 heavy (non-hydrogen) atoms. The van der Waals surface area contributed by atoms with Gasteiger partial charge in [0.25, 0.3) is 5.91 Å². The average Bonchev–Trinajstić information content (AvgIpc) is 2.31. The number of halogens is 1. The van der Waals surface area contributed by atoms with Gasteiger partial charge < -0.3 is 5.32 Å². The molecule has 2 aliphatic rings. The van der Waals surface area contributed by atoms with Gasteiger partial charge >= 0.3 is 0 Å². The standard InChI is InChI=1S/C11H16ClN3O/c12-10-7-6-9(14-15-10)11(16)13-8-4-2-1-3-5-8/h6-8,14-15H,1-5H2,(H,13,16). The number of hydrogen-bond donors (Lipinski definition) is 3. The Bertz CT molecular complexity index is 332. The van der Waals surface area contributed by atoms with Gasteiger partial charge in [0, 0.05) is 6.04 Å². The van der Waals surface area contributed by atoms with Gasteiger partial charge in [0.2, 0.25) is 0 Å². The molecule has 1 heterocycles. The number of nitrogens with one attached hydrogen (secondary N) is 3. The van der Waals surface area contributed by atoms with Crippen molar-refractivity contribution in [2.75, 3.05) is 0 Å². The van der Waals surface area contributed by atoms with Gasteiger partial charge in [-0.1, -0.05) is 30.9 Å². The summed E-state index contributed by atoms with van der Waals surface area (Å²) in [5, 5.41) is 3.50. The Labute approximate surface area is 100 Å². The highest BCUT2D eigenvalue weighted by molar-refractivity contribution is 6.29. The maximum Gasteiger partial charge on any atom is 0.269 e. The van der Waals surface area contributed by atoms with E-state index in [0.29, 0.717) is 16.9 Å². The minimum absolute atomic E-state index is 0.0696. The highest BCUT2D eigenvalue weighted by atomic mass is 35.5. The zero-order valence-corrected chi connectivity index (χ0v) is 9.81. The summed E-state index contributed by atoms with van der Waals surface area (Å²) in [6.07, 6.45) is 9.22. The van der Waals surface area contributed by atoms with Gasteiger partial charge in [-0.05, 0) is 25.0 Å². The molecule has 0 bridgehead atoms. The second-order valence-corrected chi connectivity index (χ2v) is 4.56. The Kier molecular flexibility index (Phi) is 3.72. The average molecular weight is 242 g/mol. The Morgan fingerprint density at radius 3 is 2.62 bits per heavy atom. The van der Waals surface area contributed by atoms with Crippen LogP contribution in [0.2, 0.25) is 0 Å². The minimum atomic E-state index is -0.0696. The minimum Gasteiger partial charge on any atom is -0.348 e. The van der Waals surface area contributed by atoms with E-state index in [0.717, 1.165) is 12.8 Å². The van der Waals surface area contributed by atoms with Crippen LogP contribution in [0.5, 0.6) is 0 Å². The molecular weight excluding hydrogens is 226 g/mol. The number of hydrogen-bond acceptors (Lipinski definition) is 3. The maximum absolute atomic E-state index is 11.8. The van der Waals surface area contributed by atoms with Crippen LogP contribution in [-0.2, 0) is 4.79 Å². The highest BCUT2D eigenvalue weighted by Crippen LogP contribution is 2.17. The molecule has 1 saturated carbocycles. The van der Waals surface area contributed by atoms with E-state index in [1.54, 1.807) is 12.2 Å². The van der Waals surface area contributed by atoms with Crippen molar-refractivity contribution in [2.45, 2.75) is 38.1 Å². The lowest BCUT2D eigenvalue weighted by Gasteiger charge is -2.24. The van der Waals surface area contributed by atoms with Crippen LogP contribution in [0.4, 0.5) is 0 Å². The van der Waals surface area contributed by atoms with Gasteiger partial charge in [-0.15, -0.1) is 0 Å². The monoisotopic (exact) mass is 241 g/mol. The summed E-state index contributed by atoms with van der Waals surface area (Å²) in [4.78, 5) is 11.8. The summed E-state index contributed by atoms with van der Waals surface area (Å²) >= 11 is 5.69. The summed E-state index contributed by atoms with van der Waals surface area (Å²) in [7, 11) is 0. The topological polar surface area (TPSA) is 53.2 Å². The van der Waals surface area contributed by atoms with Crippen LogP contribution < -0.4 is 16.2 Å². The number of amides is 1. The van der Waals surface area contributed by atoms with Gasteiger partial charge in [-0.3, -0.25) is 15.6 Å².